The van der Waals surface area contributed by atoms with Crippen molar-refractivity contribution in [1.82, 2.24) is 0 Å². The Morgan fingerprint density at radius 3 is 0.750 bits per heavy atom. The SMILES string of the molecule is CC(=O)c1ccc(Oc2ccc(C(=O)Nc3cc(C(c4ccc(O)c(NC(=O)c5ccccc5C(=O)O)c4)(C(F)(F)F)C(F)(F)F)ccc3O)cc2)cc1.CNc1cc(C(c2ccc(O)c(NC(=O)c3cccc(C(C)=O)c3)c2)(C(F)(F)F)C(F)(F)F)ccc1O.CNc1cc(C(c2ccc(O)c(NC(=O)c3ccccc3C(=O)O)c2)(C(F)(F)F)C(F)(F)F)ccc1O. The summed E-state index contributed by atoms with van der Waals surface area (Å²) in [4.78, 5) is 97.4. The molecule has 0 saturated carbocycles. The maximum atomic E-state index is 15.0. The third-order valence-electron chi connectivity index (χ3n) is 19.6. The second-order valence-corrected chi connectivity index (χ2v) is 27.5. The summed E-state index contributed by atoms with van der Waals surface area (Å²) in [7, 11) is 2.39. The Labute approximate surface area is 709 Å². The Morgan fingerprint density at radius 2 is 0.492 bits per heavy atom. The zero-order valence-corrected chi connectivity index (χ0v) is 65.5. The number of nitrogens with one attached hydrogen (secondary N) is 6. The number of benzene rings is 11. The van der Waals surface area contributed by atoms with Crippen LogP contribution in [0.2, 0.25) is 0 Å². The quantitative estimate of drug-likeness (QED) is 0.0170. The van der Waals surface area contributed by atoms with Crippen molar-refractivity contribution < 1.29 is 163 Å². The van der Waals surface area contributed by atoms with Crippen LogP contribution in [0.4, 0.5) is 113 Å². The highest BCUT2D eigenvalue weighted by Gasteiger charge is 2.75. The van der Waals surface area contributed by atoms with Crippen molar-refractivity contribution in [3.05, 3.63) is 308 Å². The smallest absolute Gasteiger partial charge is 0.411 e. The van der Waals surface area contributed by atoms with E-state index in [9.17, 15) is 132 Å². The van der Waals surface area contributed by atoms with Crippen LogP contribution in [0.15, 0.2) is 231 Å². The summed E-state index contributed by atoms with van der Waals surface area (Å²) in [5.41, 5.74) is -28.2. The largest absolute Gasteiger partial charge is 0.506 e. The van der Waals surface area contributed by atoms with E-state index in [1.54, 1.807) is 0 Å². The maximum Gasteiger partial charge on any atom is 0.411 e. The lowest BCUT2D eigenvalue weighted by Crippen LogP contribution is -2.54. The lowest BCUT2D eigenvalue weighted by molar-refractivity contribution is -0.290. The molecule has 0 heterocycles. The van der Waals surface area contributed by atoms with E-state index < -0.39 is 207 Å². The molecule has 23 nitrogen and oxygen atoms in total. The van der Waals surface area contributed by atoms with Crippen molar-refractivity contribution in [2.24, 2.45) is 0 Å². The number of hydrogen-bond donors (Lipinski definition) is 14. The van der Waals surface area contributed by atoms with Crippen molar-refractivity contribution >= 4 is 81.3 Å². The first kappa shape index (κ1) is 96.3. The summed E-state index contributed by atoms with van der Waals surface area (Å²) in [6, 6.07) is 34.2. The standard InChI is InChI=1S/C38H26F6N2O8.C25H20F6N2O4.C24H18F6N2O5/c1-20(47)21-6-12-25(13-7-21)54-26-14-8-22(9-15-26)33(50)45-29-18-23(10-16-31(29)48)36(37(39,40)41,38(42,43)44)24-11-17-32(49)30(19-24)46-34(51)27-4-2-3-5-28(27)35(52)53;1-13(34)14-4-3-5-15(10-14)22(37)33-19-12-17(7-9-21(19)36)23(24(26,27)28,25(29,30)31)16-6-8-20(35)18(11-16)32-2;1-31-16-10-12(6-8-18(16)33)22(23(25,26)27,24(28,29)30)13-7-9-19(34)17(11-13)32-20(35)14-4-2-3-5-15(14)21(36)37/h2-19,48-49H,1H3,(H,45,50)(H,46,51)(H,52,53);3-12,32,35-36H,1-2H3,(H,33,37);2-11,31,33-34H,1H3,(H,32,35)(H,36,37). The van der Waals surface area contributed by atoms with E-state index in [0.717, 1.165) is 24.3 Å². The third-order valence-corrected chi connectivity index (χ3v) is 19.6. The molecule has 0 atom stereocenters. The molecule has 4 amide bonds. The van der Waals surface area contributed by atoms with Gasteiger partial charge in [0.2, 0.25) is 16.2 Å². The van der Waals surface area contributed by atoms with E-state index in [-0.39, 0.29) is 45.8 Å². The van der Waals surface area contributed by atoms with Gasteiger partial charge in [-0.15, -0.1) is 0 Å². The first-order valence-corrected chi connectivity index (χ1v) is 36.3. The van der Waals surface area contributed by atoms with Crippen LogP contribution >= 0.6 is 0 Å². The van der Waals surface area contributed by atoms with E-state index >= 15 is 26.3 Å². The fraction of sp³-hybridized carbons (Fsp3) is 0.149. The average molecular weight is 1810 g/mol. The molecular weight excluding hydrogens is 1740 g/mol. The molecule has 0 spiro atoms. The van der Waals surface area contributed by atoms with Gasteiger partial charge in [-0.05, 0) is 205 Å². The molecule has 670 valence electrons. The molecule has 0 saturated heterocycles. The first-order chi connectivity index (χ1) is 59.6. The molecule has 0 bridgehead atoms. The lowest BCUT2D eigenvalue weighted by Gasteiger charge is -2.38. The Morgan fingerprint density at radius 1 is 0.258 bits per heavy atom. The maximum absolute atomic E-state index is 15.0. The van der Waals surface area contributed by atoms with Crippen LogP contribution in [0.1, 0.15) is 130 Å². The van der Waals surface area contributed by atoms with E-state index in [0.29, 0.717) is 114 Å². The Balaban J connectivity index is 0.000000223. The van der Waals surface area contributed by atoms with Gasteiger partial charge in [-0.1, -0.05) is 72.8 Å². The summed E-state index contributed by atoms with van der Waals surface area (Å²) in [5.74, 6) is -12.1. The number of hydrogen-bond acceptors (Lipinski definition) is 17. The zero-order valence-electron chi connectivity index (χ0n) is 65.5. The summed E-state index contributed by atoms with van der Waals surface area (Å²) in [5, 5.41) is 92.1. The molecule has 0 aliphatic carbocycles. The van der Waals surface area contributed by atoms with Gasteiger partial charge in [0.25, 0.3) is 23.6 Å². The van der Waals surface area contributed by atoms with Gasteiger partial charge in [0.1, 0.15) is 46.0 Å². The third kappa shape index (κ3) is 19.5. The van der Waals surface area contributed by atoms with Crippen molar-refractivity contribution in [2.45, 2.75) is 67.2 Å². The van der Waals surface area contributed by atoms with E-state index in [4.69, 9.17) is 4.74 Å². The van der Waals surface area contributed by atoms with Gasteiger partial charge in [0.15, 0.2) is 11.6 Å². The number of rotatable bonds is 22. The number of phenols is 6. The first-order valence-electron chi connectivity index (χ1n) is 36.3. The number of amides is 4. The number of carbonyl (C=O) groups is 8. The van der Waals surface area contributed by atoms with Crippen molar-refractivity contribution in [3.8, 4) is 46.0 Å². The topological polar surface area (TPSA) is 380 Å². The van der Waals surface area contributed by atoms with Crippen molar-refractivity contribution in [3.63, 3.8) is 0 Å². The van der Waals surface area contributed by atoms with Gasteiger partial charge in [0.05, 0.1) is 56.4 Å². The van der Waals surface area contributed by atoms with Crippen molar-refractivity contribution in [1.29, 1.82) is 0 Å². The van der Waals surface area contributed by atoms with Crippen LogP contribution in [0.25, 0.3) is 0 Å². The minimum absolute atomic E-state index is 0.118. The number of anilines is 6. The number of ether oxygens (including phenoxy) is 1. The highest BCUT2D eigenvalue weighted by atomic mass is 19.4. The summed E-state index contributed by atoms with van der Waals surface area (Å²) >= 11 is 0. The fourth-order valence-electron chi connectivity index (χ4n) is 13.3. The molecule has 0 aliphatic heterocycles. The Kier molecular flexibility index (Phi) is 28.0. The monoisotopic (exact) mass is 1810 g/mol. The van der Waals surface area contributed by atoms with Gasteiger partial charge in [-0.2, -0.15) is 79.0 Å². The number of aromatic hydroxyl groups is 6. The second-order valence-electron chi connectivity index (χ2n) is 27.5. The molecule has 0 fully saturated rings. The minimum atomic E-state index is -6.17. The molecule has 11 aromatic carbocycles. The van der Waals surface area contributed by atoms with Crippen molar-refractivity contribution in [2.75, 3.05) is 46.0 Å². The fourth-order valence-corrected chi connectivity index (χ4v) is 13.3. The molecule has 128 heavy (non-hydrogen) atoms. The predicted molar refractivity (Wildman–Crippen MR) is 424 cm³/mol. The zero-order chi connectivity index (χ0) is 95.1. The molecule has 14 N–H and O–H groups in total. The highest BCUT2D eigenvalue weighted by Crippen LogP contribution is 2.61. The summed E-state index contributed by atoms with van der Waals surface area (Å²) in [6.45, 7) is 2.63. The number of aromatic carboxylic acids is 2. The number of Topliss-reactive ketones (excluding diaryl/α,β-unsaturated/α-hetero) is 2. The van der Waals surface area contributed by atoms with Crippen LogP contribution in [-0.4, -0.2) is 139 Å². The molecule has 41 heteroatoms. The normalized spacial score (nSPS) is 12.0. The van der Waals surface area contributed by atoms with E-state index in [1.165, 1.54) is 125 Å². The molecule has 11 aromatic rings. The second kappa shape index (κ2) is 37.1. The van der Waals surface area contributed by atoms with Crippen LogP contribution in [0.3, 0.4) is 0 Å². The van der Waals surface area contributed by atoms with Gasteiger partial charge in [0, 0.05) is 36.3 Å². The van der Waals surface area contributed by atoms with Gasteiger partial charge < -0.3 is 77.5 Å². The van der Waals surface area contributed by atoms with E-state index in [2.05, 4.69) is 21.3 Å². The molecule has 0 radical (unpaired) electrons. The molecule has 11 rings (SSSR count). The number of carboxylic acids is 2. The molecular formula is C87H64F18N6O17. The Bertz CT molecular complexity index is 6050. The number of ketones is 2. The molecule has 0 unspecified atom stereocenters. The highest BCUT2D eigenvalue weighted by molar-refractivity contribution is 6.13. The van der Waals surface area contributed by atoms with Gasteiger partial charge >= 0.3 is 49.0 Å². The van der Waals surface area contributed by atoms with E-state index in [1.807, 2.05) is 10.6 Å². The van der Waals surface area contributed by atoms with Gasteiger partial charge in [-0.25, -0.2) is 9.59 Å². The lowest BCUT2D eigenvalue weighted by atomic mass is 9.72. The number of carbonyl (C=O) groups excluding carboxylic acids is 6. The molecule has 0 aromatic heterocycles. The summed E-state index contributed by atoms with van der Waals surface area (Å²) < 4.78 is 270. The number of phenolic OH excluding ortho intramolecular Hbond substituents is 6. The van der Waals surface area contributed by atoms with Crippen LogP contribution in [0.5, 0.6) is 46.0 Å². The number of alkyl halides is 18. The van der Waals surface area contributed by atoms with Crippen LogP contribution < -0.4 is 36.6 Å². The van der Waals surface area contributed by atoms with Crippen LogP contribution in [0, 0.1) is 0 Å². The van der Waals surface area contributed by atoms with Gasteiger partial charge in [-0.3, -0.25) is 28.8 Å². The number of carboxylic acid groups (broad SMARTS) is 2. The summed E-state index contributed by atoms with van der Waals surface area (Å²) in [6.07, 6.45) is -36.2. The Hall–Kier alpha value is -15.5. The minimum Gasteiger partial charge on any atom is -0.506 e. The average Bonchev–Trinajstić information content (AvgIpc) is 0.721. The van der Waals surface area contributed by atoms with Crippen LogP contribution in [-0.2, 0) is 16.2 Å². The predicted octanol–water partition coefficient (Wildman–Crippen LogP) is 20.2. The molecule has 0 aliphatic rings. The number of halogens is 18.